The first kappa shape index (κ1) is 29.0. The number of rotatable bonds is 2. The number of amides is 1. The second-order valence-corrected chi connectivity index (χ2v) is 16.0. The van der Waals surface area contributed by atoms with Gasteiger partial charge in [0.2, 0.25) is 0 Å². The quantitative estimate of drug-likeness (QED) is 0.496. The summed E-state index contributed by atoms with van der Waals surface area (Å²) in [5, 5.41) is 21.4. The van der Waals surface area contributed by atoms with Crippen LogP contribution < -0.4 is 5.32 Å². The van der Waals surface area contributed by atoms with Crippen molar-refractivity contribution < 1.29 is 14.4 Å². The molecule has 1 N–H and O–H groups in total. The number of nitrogens with zero attached hydrogens (tertiary/aromatic N) is 4. The molecule has 224 valence electrons. The average Bonchev–Trinajstić information content (AvgIpc) is 3.42. The first-order chi connectivity index (χ1) is 19.5. The summed E-state index contributed by atoms with van der Waals surface area (Å²) in [5.41, 5.74) is -0.487. The lowest BCUT2D eigenvalue weighted by Gasteiger charge is -2.69. The lowest BCUT2D eigenvalue weighted by atomic mass is 9.35. The van der Waals surface area contributed by atoms with E-state index in [2.05, 4.69) is 56.3 Å². The van der Waals surface area contributed by atoms with Gasteiger partial charge in [-0.25, -0.2) is 4.68 Å². The van der Waals surface area contributed by atoms with Crippen LogP contribution in [0.1, 0.15) is 104 Å². The van der Waals surface area contributed by atoms with Crippen LogP contribution in [0.15, 0.2) is 29.5 Å². The second kappa shape index (κ2) is 8.74. The standard InChI is InChI=1S/C34H45N5O3/c1-29(2)11-13-34(39-19-22(37-38-39)28(42)36-8)14-12-33(7)26(21(34)17-29)23(40)15-25-31(5)16-20(18-35)27(41)30(3,4)24(31)9-10-32(25,33)6/h15-16,19,21,24,26H,9-14,17H2,1-8H3,(H,36,42)/t21-,24-,26-,31-,32+,33+,34-/m0/s1. The van der Waals surface area contributed by atoms with E-state index in [0.717, 1.165) is 50.5 Å². The van der Waals surface area contributed by atoms with E-state index in [4.69, 9.17) is 0 Å². The largest absolute Gasteiger partial charge is 0.354 e. The SMILES string of the molecule is CNC(=O)c1cn([C@]23CCC(C)(C)C[C@H]2[C@H]2C(=O)C=C4[C@@]5(C)C=C(C#N)C(=O)C(C)(C)[C@@H]5CC[C@@]4(C)[C@]2(C)CC3)nn1. The summed E-state index contributed by atoms with van der Waals surface area (Å²) in [7, 11) is 1.59. The van der Waals surface area contributed by atoms with Gasteiger partial charge in [0.1, 0.15) is 6.07 Å². The van der Waals surface area contributed by atoms with Crippen molar-refractivity contribution in [3.63, 3.8) is 0 Å². The van der Waals surface area contributed by atoms with E-state index in [1.165, 1.54) is 0 Å². The van der Waals surface area contributed by atoms with Crippen molar-refractivity contribution in [3.8, 4) is 6.07 Å². The van der Waals surface area contributed by atoms with Crippen molar-refractivity contribution in [2.45, 2.75) is 99.0 Å². The van der Waals surface area contributed by atoms with Crippen LogP contribution in [-0.4, -0.2) is 39.5 Å². The highest BCUT2D eigenvalue weighted by atomic mass is 16.2. The van der Waals surface area contributed by atoms with Crippen LogP contribution in [-0.2, 0) is 15.1 Å². The minimum Gasteiger partial charge on any atom is -0.354 e. The summed E-state index contributed by atoms with van der Waals surface area (Å²) in [6.45, 7) is 15.4. The monoisotopic (exact) mass is 571 g/mol. The molecule has 42 heavy (non-hydrogen) atoms. The molecule has 1 amide bonds. The Morgan fingerprint density at radius 2 is 1.74 bits per heavy atom. The molecule has 0 saturated heterocycles. The van der Waals surface area contributed by atoms with E-state index in [9.17, 15) is 19.6 Å². The third-order valence-electron chi connectivity index (χ3n) is 13.2. The molecule has 7 atom stereocenters. The fraction of sp³-hybridized carbons (Fsp3) is 0.706. The molecule has 3 fully saturated rings. The maximum atomic E-state index is 14.7. The molecule has 0 aliphatic heterocycles. The molecule has 0 unspecified atom stereocenters. The Hall–Kier alpha value is -3.08. The molecule has 1 aromatic rings. The molecule has 1 aromatic heterocycles. The van der Waals surface area contributed by atoms with Gasteiger partial charge in [0.15, 0.2) is 17.3 Å². The highest BCUT2D eigenvalue weighted by molar-refractivity contribution is 6.04. The summed E-state index contributed by atoms with van der Waals surface area (Å²) < 4.78 is 1.93. The van der Waals surface area contributed by atoms with Crippen molar-refractivity contribution in [1.82, 2.24) is 20.3 Å². The van der Waals surface area contributed by atoms with Crippen LogP contribution in [0.5, 0.6) is 0 Å². The molecule has 5 aliphatic carbocycles. The van der Waals surface area contributed by atoms with Crippen LogP contribution in [0.3, 0.4) is 0 Å². The first-order valence-electron chi connectivity index (χ1n) is 15.6. The molecule has 8 heteroatoms. The van der Waals surface area contributed by atoms with E-state index < -0.39 is 10.8 Å². The maximum Gasteiger partial charge on any atom is 0.273 e. The zero-order valence-electron chi connectivity index (χ0n) is 26.4. The normalized spacial score (nSPS) is 41.6. The lowest BCUT2D eigenvalue weighted by Crippen LogP contribution is -2.66. The predicted octanol–water partition coefficient (Wildman–Crippen LogP) is 5.57. The van der Waals surface area contributed by atoms with E-state index in [1.807, 2.05) is 30.7 Å². The summed E-state index contributed by atoms with van der Waals surface area (Å²) >= 11 is 0. The summed E-state index contributed by atoms with van der Waals surface area (Å²) in [5.74, 6) is -0.322. The maximum absolute atomic E-state index is 14.7. The van der Waals surface area contributed by atoms with Gasteiger partial charge in [-0.05, 0) is 79.1 Å². The molecule has 0 bridgehead atoms. The second-order valence-electron chi connectivity index (χ2n) is 16.0. The predicted molar refractivity (Wildman–Crippen MR) is 158 cm³/mol. The van der Waals surface area contributed by atoms with Crippen molar-refractivity contribution in [3.05, 3.63) is 35.2 Å². The van der Waals surface area contributed by atoms with Gasteiger partial charge in [0.25, 0.3) is 5.91 Å². The summed E-state index contributed by atoms with van der Waals surface area (Å²) in [6, 6.07) is 2.19. The van der Waals surface area contributed by atoms with Gasteiger partial charge in [0.05, 0.1) is 17.3 Å². The fourth-order valence-corrected chi connectivity index (χ4v) is 10.7. The number of fused-ring (bicyclic) bond motifs is 7. The van der Waals surface area contributed by atoms with Crippen LogP contribution in [0.25, 0.3) is 0 Å². The van der Waals surface area contributed by atoms with Gasteiger partial charge < -0.3 is 5.32 Å². The number of Topliss-reactive ketones (excluding diaryl/α,β-unsaturated/α-hetero) is 1. The Labute approximate surface area is 249 Å². The van der Waals surface area contributed by atoms with Gasteiger partial charge in [-0.1, -0.05) is 65.3 Å². The summed E-state index contributed by atoms with van der Waals surface area (Å²) in [6.07, 6.45) is 11.9. The Kier molecular flexibility index (Phi) is 6.03. The van der Waals surface area contributed by atoms with Gasteiger partial charge in [-0.15, -0.1) is 5.10 Å². The minimum absolute atomic E-state index is 0.0245. The van der Waals surface area contributed by atoms with Crippen molar-refractivity contribution in [1.29, 1.82) is 5.26 Å². The third kappa shape index (κ3) is 3.48. The zero-order valence-corrected chi connectivity index (χ0v) is 26.4. The Morgan fingerprint density at radius 3 is 2.40 bits per heavy atom. The molecule has 0 aromatic carbocycles. The van der Waals surface area contributed by atoms with Crippen LogP contribution in [0, 0.1) is 56.2 Å². The molecule has 5 aliphatic rings. The number of ketones is 2. The fourth-order valence-electron chi connectivity index (χ4n) is 10.7. The smallest absolute Gasteiger partial charge is 0.273 e. The number of carbonyl (C=O) groups is 3. The van der Waals surface area contributed by atoms with E-state index in [1.54, 1.807) is 13.2 Å². The molecule has 0 spiro atoms. The number of allylic oxidation sites excluding steroid dienone is 4. The van der Waals surface area contributed by atoms with Crippen molar-refractivity contribution in [2.75, 3.05) is 7.05 Å². The van der Waals surface area contributed by atoms with Crippen molar-refractivity contribution >= 4 is 17.5 Å². The van der Waals surface area contributed by atoms with Crippen LogP contribution in [0.4, 0.5) is 0 Å². The third-order valence-corrected chi connectivity index (χ3v) is 13.2. The van der Waals surface area contributed by atoms with E-state index in [-0.39, 0.29) is 62.6 Å². The minimum atomic E-state index is -0.678. The lowest BCUT2D eigenvalue weighted by molar-refractivity contribution is -0.169. The Bertz CT molecular complexity index is 1510. The topological polar surface area (TPSA) is 118 Å². The molecule has 8 nitrogen and oxygen atoms in total. The van der Waals surface area contributed by atoms with Gasteiger partial charge in [0, 0.05) is 23.8 Å². The Balaban J connectivity index is 1.52. The molecular weight excluding hydrogens is 526 g/mol. The average molecular weight is 572 g/mol. The van der Waals surface area contributed by atoms with Crippen LogP contribution in [0.2, 0.25) is 0 Å². The molecule has 6 rings (SSSR count). The number of hydrogen-bond acceptors (Lipinski definition) is 6. The first-order valence-corrected chi connectivity index (χ1v) is 15.6. The number of nitrogens with one attached hydrogen (secondary N) is 1. The Morgan fingerprint density at radius 1 is 1.05 bits per heavy atom. The molecule has 3 saturated carbocycles. The zero-order chi connectivity index (χ0) is 30.7. The van der Waals surface area contributed by atoms with Gasteiger partial charge in [-0.2, -0.15) is 5.26 Å². The van der Waals surface area contributed by atoms with E-state index >= 15 is 0 Å². The number of nitriles is 1. The number of hydrogen-bond donors (Lipinski definition) is 1. The molecular formula is C34H45N5O3. The van der Waals surface area contributed by atoms with Gasteiger partial charge in [-0.3, -0.25) is 14.4 Å². The highest BCUT2D eigenvalue weighted by Gasteiger charge is 2.70. The number of aromatic nitrogens is 3. The van der Waals surface area contributed by atoms with Crippen molar-refractivity contribution in [2.24, 2.45) is 44.8 Å². The highest BCUT2D eigenvalue weighted by Crippen LogP contribution is 2.74. The molecule has 0 radical (unpaired) electrons. The number of carbonyl (C=O) groups excluding carboxylic acids is 3. The van der Waals surface area contributed by atoms with E-state index in [0.29, 0.717) is 5.69 Å². The molecule has 1 heterocycles. The summed E-state index contributed by atoms with van der Waals surface area (Å²) in [4.78, 5) is 40.4. The van der Waals surface area contributed by atoms with Gasteiger partial charge >= 0.3 is 0 Å². The van der Waals surface area contributed by atoms with Crippen LogP contribution >= 0.6 is 0 Å².